The third-order valence-corrected chi connectivity index (χ3v) is 5.11. The van der Waals surface area contributed by atoms with Crippen LogP contribution in [0, 0.1) is 0 Å². The first-order valence-electron chi connectivity index (χ1n) is 10.1. The predicted molar refractivity (Wildman–Crippen MR) is 111 cm³/mol. The molecule has 1 aliphatic heterocycles. The van der Waals surface area contributed by atoms with E-state index in [1.165, 1.54) is 18.4 Å². The summed E-state index contributed by atoms with van der Waals surface area (Å²) in [5, 5.41) is 3.12. The number of methoxy groups -OCH3 is 1. The molecule has 2 aromatic rings. The maximum absolute atomic E-state index is 12.3. The van der Waals surface area contributed by atoms with Crippen molar-refractivity contribution in [3.8, 4) is 11.5 Å². The molecule has 0 bridgehead atoms. The Labute approximate surface area is 167 Å². The molecule has 1 atom stereocenters. The second-order valence-corrected chi connectivity index (χ2v) is 7.10. The average molecular weight is 383 g/mol. The maximum atomic E-state index is 12.3. The largest absolute Gasteiger partial charge is 0.497 e. The molecule has 0 aromatic heterocycles. The van der Waals surface area contributed by atoms with Crippen molar-refractivity contribution in [2.45, 2.75) is 31.7 Å². The summed E-state index contributed by atoms with van der Waals surface area (Å²) in [6.45, 7) is 3.31. The fraction of sp³-hybridized carbons (Fsp3) is 0.435. The molecule has 1 fully saturated rings. The molecule has 1 N–H and O–H groups in total. The summed E-state index contributed by atoms with van der Waals surface area (Å²) in [7, 11) is 1.68. The van der Waals surface area contributed by atoms with Crippen LogP contribution in [0.15, 0.2) is 54.6 Å². The van der Waals surface area contributed by atoms with E-state index in [0.29, 0.717) is 26.0 Å². The molecule has 28 heavy (non-hydrogen) atoms. The zero-order valence-corrected chi connectivity index (χ0v) is 16.6. The summed E-state index contributed by atoms with van der Waals surface area (Å²) in [6.07, 6.45) is 3.60. The minimum atomic E-state index is 0.0729. The van der Waals surface area contributed by atoms with E-state index in [2.05, 4.69) is 22.3 Å². The average Bonchev–Trinajstić information content (AvgIpc) is 3.27. The lowest BCUT2D eigenvalue weighted by Crippen LogP contribution is -2.36. The van der Waals surface area contributed by atoms with Crippen LogP contribution in [0.25, 0.3) is 0 Å². The summed E-state index contributed by atoms with van der Waals surface area (Å²) in [4.78, 5) is 14.8. The summed E-state index contributed by atoms with van der Waals surface area (Å²) in [6, 6.07) is 18.0. The van der Waals surface area contributed by atoms with Crippen molar-refractivity contribution in [3.05, 3.63) is 60.2 Å². The lowest BCUT2D eigenvalue weighted by Gasteiger charge is -2.28. The van der Waals surface area contributed by atoms with Gasteiger partial charge in [0.1, 0.15) is 11.5 Å². The first-order chi connectivity index (χ1) is 13.8. The quantitative estimate of drug-likeness (QED) is 0.635. The van der Waals surface area contributed by atoms with Crippen LogP contribution in [0.4, 0.5) is 0 Å². The molecule has 1 heterocycles. The zero-order chi connectivity index (χ0) is 19.6. The smallest absolute Gasteiger partial charge is 0.220 e. The van der Waals surface area contributed by atoms with Gasteiger partial charge < -0.3 is 14.8 Å². The fourth-order valence-electron chi connectivity index (χ4n) is 3.60. The summed E-state index contributed by atoms with van der Waals surface area (Å²) in [5.41, 5.74) is 1.19. The fourth-order valence-corrected chi connectivity index (χ4v) is 3.60. The second kappa shape index (κ2) is 10.7. The van der Waals surface area contributed by atoms with Crippen molar-refractivity contribution in [1.82, 2.24) is 10.2 Å². The highest BCUT2D eigenvalue weighted by Crippen LogP contribution is 2.27. The Morgan fingerprint density at radius 2 is 1.82 bits per heavy atom. The van der Waals surface area contributed by atoms with Crippen molar-refractivity contribution >= 4 is 5.91 Å². The molecule has 0 aliphatic carbocycles. The monoisotopic (exact) mass is 382 g/mol. The first kappa shape index (κ1) is 20.2. The highest BCUT2D eigenvalue weighted by Gasteiger charge is 2.24. The number of rotatable bonds is 10. The topological polar surface area (TPSA) is 50.8 Å². The van der Waals surface area contributed by atoms with Gasteiger partial charge in [0.15, 0.2) is 0 Å². The van der Waals surface area contributed by atoms with E-state index >= 15 is 0 Å². The van der Waals surface area contributed by atoms with Gasteiger partial charge in [-0.1, -0.05) is 30.3 Å². The number of hydrogen-bond donors (Lipinski definition) is 1. The Kier molecular flexibility index (Phi) is 7.73. The van der Waals surface area contributed by atoms with Crippen molar-refractivity contribution in [3.63, 3.8) is 0 Å². The standard InChI is InChI=1S/C23H30N2O3/c1-27-21-12-7-9-19(17-21)22(25-14-5-6-15-25)18-24-23(26)13-8-16-28-20-10-3-2-4-11-20/h2-4,7,9-12,17,22H,5-6,8,13-16,18H2,1H3,(H,24,26). The number of likely N-dealkylation sites (tertiary alicyclic amines) is 1. The predicted octanol–water partition coefficient (Wildman–Crippen LogP) is 3.81. The minimum absolute atomic E-state index is 0.0729. The van der Waals surface area contributed by atoms with Gasteiger partial charge in [-0.2, -0.15) is 0 Å². The number of carbonyl (C=O) groups excluding carboxylic acids is 1. The Balaban J connectivity index is 1.48. The Hall–Kier alpha value is -2.53. The van der Waals surface area contributed by atoms with Crippen LogP contribution < -0.4 is 14.8 Å². The van der Waals surface area contributed by atoms with E-state index < -0.39 is 0 Å². The molecule has 5 nitrogen and oxygen atoms in total. The van der Waals surface area contributed by atoms with Gasteiger partial charge in [-0.15, -0.1) is 0 Å². The summed E-state index contributed by atoms with van der Waals surface area (Å²) < 4.78 is 11.0. The number of carbonyl (C=O) groups is 1. The number of benzene rings is 2. The molecule has 1 unspecified atom stereocenters. The van der Waals surface area contributed by atoms with E-state index in [0.717, 1.165) is 24.6 Å². The molecule has 0 spiro atoms. The molecule has 2 aromatic carbocycles. The van der Waals surface area contributed by atoms with Crippen LogP contribution >= 0.6 is 0 Å². The van der Waals surface area contributed by atoms with E-state index in [1.54, 1.807) is 7.11 Å². The summed E-state index contributed by atoms with van der Waals surface area (Å²) >= 11 is 0. The van der Waals surface area contributed by atoms with Gasteiger partial charge >= 0.3 is 0 Å². The number of amides is 1. The van der Waals surface area contributed by atoms with Crippen molar-refractivity contribution in [2.75, 3.05) is 33.4 Å². The number of ether oxygens (including phenoxy) is 2. The van der Waals surface area contributed by atoms with Crippen LogP contribution in [0.3, 0.4) is 0 Å². The van der Waals surface area contributed by atoms with E-state index in [9.17, 15) is 4.79 Å². The Morgan fingerprint density at radius 3 is 2.57 bits per heavy atom. The van der Waals surface area contributed by atoms with Crippen molar-refractivity contribution < 1.29 is 14.3 Å². The molecular weight excluding hydrogens is 352 g/mol. The Morgan fingerprint density at radius 1 is 1.07 bits per heavy atom. The molecule has 1 amide bonds. The maximum Gasteiger partial charge on any atom is 0.220 e. The number of para-hydroxylation sites is 1. The van der Waals surface area contributed by atoms with Gasteiger partial charge in [0, 0.05) is 13.0 Å². The Bertz CT molecular complexity index is 730. The van der Waals surface area contributed by atoms with Gasteiger partial charge in [0.25, 0.3) is 0 Å². The third-order valence-electron chi connectivity index (χ3n) is 5.11. The second-order valence-electron chi connectivity index (χ2n) is 7.10. The van der Waals surface area contributed by atoms with E-state index in [-0.39, 0.29) is 11.9 Å². The van der Waals surface area contributed by atoms with E-state index in [4.69, 9.17) is 9.47 Å². The first-order valence-corrected chi connectivity index (χ1v) is 10.1. The molecule has 1 aliphatic rings. The van der Waals surface area contributed by atoms with E-state index in [1.807, 2.05) is 42.5 Å². The zero-order valence-electron chi connectivity index (χ0n) is 16.6. The molecule has 3 rings (SSSR count). The normalized spacial score (nSPS) is 15.2. The van der Waals surface area contributed by atoms with Gasteiger partial charge in [-0.3, -0.25) is 9.69 Å². The van der Waals surface area contributed by atoms with Gasteiger partial charge in [-0.25, -0.2) is 0 Å². The SMILES string of the molecule is COc1cccc(C(CNC(=O)CCCOc2ccccc2)N2CCCC2)c1. The van der Waals surface area contributed by atoms with Gasteiger partial charge in [-0.05, 0) is 62.2 Å². The number of nitrogens with one attached hydrogen (secondary N) is 1. The van der Waals surface area contributed by atoms with Crippen molar-refractivity contribution in [2.24, 2.45) is 0 Å². The molecule has 0 radical (unpaired) electrons. The molecule has 0 saturated carbocycles. The van der Waals surface area contributed by atoms with Crippen LogP contribution in [-0.2, 0) is 4.79 Å². The van der Waals surface area contributed by atoms with Crippen molar-refractivity contribution in [1.29, 1.82) is 0 Å². The molecular formula is C23H30N2O3. The van der Waals surface area contributed by atoms with Crippen LogP contribution in [0.5, 0.6) is 11.5 Å². The molecule has 150 valence electrons. The molecule has 1 saturated heterocycles. The number of nitrogens with zero attached hydrogens (tertiary/aromatic N) is 1. The molecule has 5 heteroatoms. The number of hydrogen-bond acceptors (Lipinski definition) is 4. The van der Waals surface area contributed by atoms with Crippen LogP contribution in [0.1, 0.15) is 37.3 Å². The highest BCUT2D eigenvalue weighted by molar-refractivity contribution is 5.75. The van der Waals surface area contributed by atoms with Gasteiger partial charge in [0.2, 0.25) is 5.91 Å². The lowest BCUT2D eigenvalue weighted by atomic mass is 10.0. The third kappa shape index (κ3) is 5.99. The lowest BCUT2D eigenvalue weighted by molar-refractivity contribution is -0.121. The van der Waals surface area contributed by atoms with Crippen LogP contribution in [-0.4, -0.2) is 44.2 Å². The van der Waals surface area contributed by atoms with Crippen LogP contribution in [0.2, 0.25) is 0 Å². The van der Waals surface area contributed by atoms with Gasteiger partial charge in [0.05, 0.1) is 19.8 Å². The minimum Gasteiger partial charge on any atom is -0.497 e. The summed E-state index contributed by atoms with van der Waals surface area (Å²) in [5.74, 6) is 1.77. The highest BCUT2D eigenvalue weighted by atomic mass is 16.5.